The second-order valence-electron chi connectivity index (χ2n) is 4.76. The predicted octanol–water partition coefficient (Wildman–Crippen LogP) is 0.361. The van der Waals surface area contributed by atoms with Gasteiger partial charge in [-0.25, -0.2) is 0 Å². The van der Waals surface area contributed by atoms with Gasteiger partial charge in [0, 0.05) is 12.1 Å². The number of nitrogens with zero attached hydrogens (tertiary/aromatic N) is 2. The first-order chi connectivity index (χ1) is 6.02. The first-order valence-electron chi connectivity index (χ1n) is 5.14. The molecule has 0 aliphatic carbocycles. The summed E-state index contributed by atoms with van der Waals surface area (Å²) >= 11 is 0. The van der Waals surface area contributed by atoms with E-state index in [1.807, 2.05) is 0 Å². The Labute approximate surface area is 81.9 Å². The van der Waals surface area contributed by atoms with Crippen LogP contribution in [0.2, 0.25) is 0 Å². The maximum Gasteiger partial charge on any atom is 0.0296 e. The average Bonchev–Trinajstić information content (AvgIpc) is 2.01. The molecule has 1 aliphatic rings. The van der Waals surface area contributed by atoms with Crippen molar-refractivity contribution in [2.45, 2.75) is 24.8 Å². The van der Waals surface area contributed by atoms with E-state index in [2.05, 4.69) is 30.9 Å². The van der Waals surface area contributed by atoms with E-state index in [4.69, 9.17) is 5.73 Å². The molecule has 0 aromatic carbocycles. The van der Waals surface area contributed by atoms with Gasteiger partial charge in [0.2, 0.25) is 0 Å². The lowest BCUT2D eigenvalue weighted by Gasteiger charge is -2.39. The minimum absolute atomic E-state index is 0.0667. The van der Waals surface area contributed by atoms with E-state index in [1.165, 1.54) is 19.4 Å². The lowest BCUT2D eigenvalue weighted by Crippen LogP contribution is -2.54. The van der Waals surface area contributed by atoms with E-state index in [-0.39, 0.29) is 5.54 Å². The molecule has 1 saturated heterocycles. The third-order valence-electron chi connectivity index (χ3n) is 2.86. The van der Waals surface area contributed by atoms with Crippen molar-refractivity contribution in [3.63, 3.8) is 0 Å². The summed E-state index contributed by atoms with van der Waals surface area (Å²) in [6.45, 7) is 3.37. The fourth-order valence-corrected chi connectivity index (χ4v) is 2.05. The monoisotopic (exact) mass is 185 g/mol. The van der Waals surface area contributed by atoms with Crippen molar-refractivity contribution >= 4 is 0 Å². The van der Waals surface area contributed by atoms with Crippen LogP contribution in [0.25, 0.3) is 0 Å². The molecule has 0 amide bonds. The molecule has 1 atom stereocenters. The van der Waals surface area contributed by atoms with E-state index >= 15 is 0 Å². The standard InChI is InChI=1S/C10H23N3/c1-12(2)8-6-10(11)5-4-7-13(3)9-10/h4-9,11H2,1-3H3. The van der Waals surface area contributed by atoms with Gasteiger partial charge < -0.3 is 15.5 Å². The summed E-state index contributed by atoms with van der Waals surface area (Å²) in [4.78, 5) is 4.56. The van der Waals surface area contributed by atoms with Gasteiger partial charge in [0.1, 0.15) is 0 Å². The maximum absolute atomic E-state index is 6.33. The SMILES string of the molecule is CN(C)CCC1(N)CCCN(C)C1. The molecule has 1 rings (SSSR count). The zero-order valence-corrected chi connectivity index (χ0v) is 9.21. The second kappa shape index (κ2) is 4.40. The molecule has 0 aromatic rings. The molecule has 0 spiro atoms. The molecule has 1 heterocycles. The lowest BCUT2D eigenvalue weighted by molar-refractivity contribution is 0.160. The molecule has 0 radical (unpaired) electrons. The topological polar surface area (TPSA) is 32.5 Å². The molecule has 1 unspecified atom stereocenters. The molecule has 1 fully saturated rings. The van der Waals surface area contributed by atoms with Crippen molar-refractivity contribution in [2.75, 3.05) is 40.8 Å². The van der Waals surface area contributed by atoms with Crippen LogP contribution in [-0.2, 0) is 0 Å². The average molecular weight is 185 g/mol. The summed E-state index contributed by atoms with van der Waals surface area (Å²) in [5, 5.41) is 0. The summed E-state index contributed by atoms with van der Waals surface area (Å²) in [5.74, 6) is 0. The van der Waals surface area contributed by atoms with Gasteiger partial charge in [0.25, 0.3) is 0 Å². The van der Waals surface area contributed by atoms with Crippen molar-refractivity contribution in [3.8, 4) is 0 Å². The van der Waals surface area contributed by atoms with Crippen molar-refractivity contribution in [1.82, 2.24) is 9.80 Å². The van der Waals surface area contributed by atoms with Crippen molar-refractivity contribution < 1.29 is 0 Å². The number of hydrogen-bond donors (Lipinski definition) is 1. The van der Waals surface area contributed by atoms with Crippen LogP contribution in [0.3, 0.4) is 0 Å². The summed E-state index contributed by atoms with van der Waals surface area (Å²) in [5.41, 5.74) is 6.40. The third kappa shape index (κ3) is 3.63. The highest BCUT2D eigenvalue weighted by Gasteiger charge is 2.29. The van der Waals surface area contributed by atoms with Crippen molar-refractivity contribution in [1.29, 1.82) is 0 Å². The van der Waals surface area contributed by atoms with Gasteiger partial charge >= 0.3 is 0 Å². The highest BCUT2D eigenvalue weighted by molar-refractivity contribution is 4.90. The molecule has 1 aliphatic heterocycles. The van der Waals surface area contributed by atoms with Crippen LogP contribution < -0.4 is 5.73 Å². The predicted molar refractivity (Wildman–Crippen MR) is 56.8 cm³/mol. The van der Waals surface area contributed by atoms with E-state index in [0.29, 0.717) is 0 Å². The van der Waals surface area contributed by atoms with E-state index in [1.54, 1.807) is 0 Å². The minimum atomic E-state index is 0.0667. The van der Waals surface area contributed by atoms with Crippen LogP contribution >= 0.6 is 0 Å². The number of likely N-dealkylation sites (N-methyl/N-ethyl adjacent to an activating group) is 1. The molecule has 3 nitrogen and oxygen atoms in total. The molecule has 78 valence electrons. The number of likely N-dealkylation sites (tertiary alicyclic amines) is 1. The molecule has 0 aromatic heterocycles. The normalized spacial score (nSPS) is 31.2. The molecular formula is C10H23N3. The summed E-state index contributed by atoms with van der Waals surface area (Å²) < 4.78 is 0. The number of rotatable bonds is 3. The maximum atomic E-state index is 6.33. The Balaban J connectivity index is 2.35. The van der Waals surface area contributed by atoms with E-state index in [9.17, 15) is 0 Å². The van der Waals surface area contributed by atoms with E-state index < -0.39 is 0 Å². The van der Waals surface area contributed by atoms with E-state index in [0.717, 1.165) is 19.5 Å². The first-order valence-corrected chi connectivity index (χ1v) is 5.14. The second-order valence-corrected chi connectivity index (χ2v) is 4.76. The van der Waals surface area contributed by atoms with Crippen molar-refractivity contribution in [3.05, 3.63) is 0 Å². The van der Waals surface area contributed by atoms with Crippen LogP contribution in [0.15, 0.2) is 0 Å². The number of hydrogen-bond acceptors (Lipinski definition) is 3. The molecular weight excluding hydrogens is 162 g/mol. The van der Waals surface area contributed by atoms with Crippen LogP contribution in [-0.4, -0.2) is 56.1 Å². The summed E-state index contributed by atoms with van der Waals surface area (Å²) in [6, 6.07) is 0. The van der Waals surface area contributed by atoms with Gasteiger partial charge in [-0.1, -0.05) is 0 Å². The van der Waals surface area contributed by atoms with Gasteiger partial charge in [0.05, 0.1) is 0 Å². The van der Waals surface area contributed by atoms with Crippen LogP contribution in [0, 0.1) is 0 Å². The van der Waals surface area contributed by atoms with Crippen LogP contribution in [0.4, 0.5) is 0 Å². The highest BCUT2D eigenvalue weighted by Crippen LogP contribution is 2.20. The third-order valence-corrected chi connectivity index (χ3v) is 2.86. The smallest absolute Gasteiger partial charge is 0.0296 e. The molecule has 2 N–H and O–H groups in total. The van der Waals surface area contributed by atoms with Crippen LogP contribution in [0.1, 0.15) is 19.3 Å². The van der Waals surface area contributed by atoms with Crippen LogP contribution in [0.5, 0.6) is 0 Å². The minimum Gasteiger partial charge on any atom is -0.324 e. The van der Waals surface area contributed by atoms with Gasteiger partial charge in [0.15, 0.2) is 0 Å². The van der Waals surface area contributed by atoms with Gasteiger partial charge in [-0.3, -0.25) is 0 Å². The lowest BCUT2D eigenvalue weighted by atomic mass is 9.87. The number of nitrogens with two attached hydrogens (primary N) is 1. The molecule has 0 bridgehead atoms. The Morgan fingerprint density at radius 3 is 2.69 bits per heavy atom. The Morgan fingerprint density at radius 2 is 2.15 bits per heavy atom. The fraction of sp³-hybridized carbons (Fsp3) is 1.00. The number of piperidine rings is 1. The van der Waals surface area contributed by atoms with Gasteiger partial charge in [-0.15, -0.1) is 0 Å². The Hall–Kier alpha value is -0.120. The molecule has 0 saturated carbocycles. The van der Waals surface area contributed by atoms with Gasteiger partial charge in [-0.2, -0.15) is 0 Å². The Morgan fingerprint density at radius 1 is 1.46 bits per heavy atom. The molecule has 3 heteroatoms. The fourth-order valence-electron chi connectivity index (χ4n) is 2.05. The summed E-state index contributed by atoms with van der Waals surface area (Å²) in [7, 11) is 6.38. The Kier molecular flexibility index (Phi) is 3.71. The highest BCUT2D eigenvalue weighted by atomic mass is 15.1. The first kappa shape index (κ1) is 11.0. The van der Waals surface area contributed by atoms with Crippen molar-refractivity contribution in [2.24, 2.45) is 5.73 Å². The Bertz CT molecular complexity index is 158. The zero-order valence-electron chi connectivity index (χ0n) is 9.21. The largest absolute Gasteiger partial charge is 0.324 e. The molecule has 13 heavy (non-hydrogen) atoms. The van der Waals surface area contributed by atoms with Gasteiger partial charge in [-0.05, 0) is 53.5 Å². The summed E-state index contributed by atoms with van der Waals surface area (Å²) in [6.07, 6.45) is 3.55. The quantitative estimate of drug-likeness (QED) is 0.689. The zero-order chi connectivity index (χ0) is 9.90.